The molecule has 15 heavy (non-hydrogen) atoms. The van der Waals surface area contributed by atoms with Gasteiger partial charge in [0.1, 0.15) is 17.6 Å². The monoisotopic (exact) mass is 219 g/mol. The van der Waals surface area contributed by atoms with E-state index in [1.165, 1.54) is 0 Å². The lowest BCUT2D eigenvalue weighted by Crippen LogP contribution is -2.46. The second kappa shape index (κ2) is 5.09. The van der Waals surface area contributed by atoms with Gasteiger partial charge in [-0.05, 0) is 20.8 Å². The Labute approximate surface area is 88.0 Å². The Balaban J connectivity index is 4.55. The zero-order valence-corrected chi connectivity index (χ0v) is 9.06. The fourth-order valence-electron chi connectivity index (χ4n) is 0.884. The molecular formula is C9H17NO5. The van der Waals surface area contributed by atoms with Gasteiger partial charge in [-0.2, -0.15) is 0 Å². The number of aliphatic hydroxyl groups excluding tert-OH is 1. The van der Waals surface area contributed by atoms with Crippen LogP contribution in [0.1, 0.15) is 20.8 Å². The summed E-state index contributed by atoms with van der Waals surface area (Å²) >= 11 is 0. The fraction of sp³-hybridized carbons (Fsp3) is 0.778. The Kier molecular flexibility index (Phi) is 4.70. The molecule has 0 rings (SSSR count). The summed E-state index contributed by atoms with van der Waals surface area (Å²) in [7, 11) is 0. The summed E-state index contributed by atoms with van der Waals surface area (Å²) in [6.07, 6.45) is 0. The van der Waals surface area contributed by atoms with Crippen LogP contribution in [0, 0.1) is 5.92 Å². The minimum Gasteiger partial charge on any atom is -0.480 e. The minimum absolute atomic E-state index is 0.650. The third kappa shape index (κ3) is 4.75. The number of esters is 1. The highest BCUT2D eigenvalue weighted by Crippen LogP contribution is 2.13. The number of carboxylic acid groups (broad SMARTS) is 1. The lowest BCUT2D eigenvalue weighted by molar-refractivity contribution is -0.165. The summed E-state index contributed by atoms with van der Waals surface area (Å²) in [6, 6.07) is -1.45. The number of hydrogen-bond acceptors (Lipinski definition) is 5. The van der Waals surface area contributed by atoms with Crippen LogP contribution in [0.2, 0.25) is 0 Å². The van der Waals surface area contributed by atoms with E-state index < -0.39 is 36.1 Å². The molecular weight excluding hydrogens is 202 g/mol. The highest BCUT2D eigenvalue weighted by molar-refractivity contribution is 5.83. The summed E-state index contributed by atoms with van der Waals surface area (Å²) in [5.74, 6) is -3.39. The van der Waals surface area contributed by atoms with Crippen molar-refractivity contribution in [2.24, 2.45) is 11.7 Å². The Morgan fingerprint density at radius 2 is 1.87 bits per heavy atom. The van der Waals surface area contributed by atoms with Gasteiger partial charge in [0.05, 0.1) is 6.61 Å². The number of carbonyl (C=O) groups is 2. The van der Waals surface area contributed by atoms with Crippen molar-refractivity contribution in [1.29, 1.82) is 0 Å². The van der Waals surface area contributed by atoms with Crippen LogP contribution in [0.4, 0.5) is 0 Å². The van der Waals surface area contributed by atoms with Crippen molar-refractivity contribution < 1.29 is 24.5 Å². The van der Waals surface area contributed by atoms with Gasteiger partial charge in [0.25, 0.3) is 0 Å². The SMILES string of the molecule is CC(C)(C)OC(=O)C(CO)[C@@H](N)C(=O)O. The van der Waals surface area contributed by atoms with Gasteiger partial charge in [0.15, 0.2) is 0 Å². The van der Waals surface area contributed by atoms with Crippen molar-refractivity contribution >= 4 is 11.9 Å². The first-order valence-electron chi connectivity index (χ1n) is 4.51. The Hall–Kier alpha value is -1.14. The molecule has 0 amide bonds. The molecule has 4 N–H and O–H groups in total. The second-order valence-electron chi connectivity index (χ2n) is 4.19. The van der Waals surface area contributed by atoms with E-state index in [-0.39, 0.29) is 0 Å². The number of rotatable bonds is 4. The van der Waals surface area contributed by atoms with Crippen LogP contribution in [0.3, 0.4) is 0 Å². The predicted molar refractivity (Wildman–Crippen MR) is 52.0 cm³/mol. The smallest absolute Gasteiger partial charge is 0.321 e. The topological polar surface area (TPSA) is 110 Å². The highest BCUT2D eigenvalue weighted by atomic mass is 16.6. The predicted octanol–water partition coefficient (Wildman–Crippen LogP) is -0.651. The van der Waals surface area contributed by atoms with Gasteiger partial charge in [-0.25, -0.2) is 0 Å². The maximum Gasteiger partial charge on any atom is 0.321 e. The van der Waals surface area contributed by atoms with Crippen molar-refractivity contribution in [1.82, 2.24) is 0 Å². The van der Waals surface area contributed by atoms with E-state index in [1.807, 2.05) is 0 Å². The number of carboxylic acids is 1. The van der Waals surface area contributed by atoms with Crippen LogP contribution < -0.4 is 5.73 Å². The van der Waals surface area contributed by atoms with Gasteiger partial charge in [-0.1, -0.05) is 0 Å². The van der Waals surface area contributed by atoms with Gasteiger partial charge < -0.3 is 20.7 Å². The highest BCUT2D eigenvalue weighted by Gasteiger charge is 2.33. The van der Waals surface area contributed by atoms with Crippen molar-refractivity contribution in [2.45, 2.75) is 32.4 Å². The maximum absolute atomic E-state index is 11.4. The summed E-state index contributed by atoms with van der Waals surface area (Å²) in [6.45, 7) is 4.28. The van der Waals surface area contributed by atoms with Crippen LogP contribution in [-0.4, -0.2) is 40.4 Å². The molecule has 0 radical (unpaired) electrons. The lowest BCUT2D eigenvalue weighted by atomic mass is 10.0. The standard InChI is InChI=1S/C9H17NO5/c1-9(2,3)15-8(14)5(4-11)6(10)7(12)13/h5-6,11H,4,10H2,1-3H3,(H,12,13)/t5?,6-/m1/s1. The molecule has 6 heteroatoms. The first kappa shape index (κ1) is 13.9. The molecule has 2 atom stereocenters. The van der Waals surface area contributed by atoms with E-state index in [0.717, 1.165) is 0 Å². The van der Waals surface area contributed by atoms with Crippen LogP contribution in [0.5, 0.6) is 0 Å². The van der Waals surface area contributed by atoms with Gasteiger partial charge in [0.2, 0.25) is 0 Å². The number of ether oxygens (including phenoxy) is 1. The second-order valence-corrected chi connectivity index (χ2v) is 4.19. The van der Waals surface area contributed by atoms with Gasteiger partial charge in [-0.15, -0.1) is 0 Å². The van der Waals surface area contributed by atoms with Gasteiger partial charge in [0, 0.05) is 0 Å². The molecule has 1 unspecified atom stereocenters. The van der Waals surface area contributed by atoms with Gasteiger partial charge >= 0.3 is 11.9 Å². The molecule has 0 aliphatic carbocycles. The quantitative estimate of drug-likeness (QED) is 0.542. The maximum atomic E-state index is 11.4. The fourth-order valence-corrected chi connectivity index (χ4v) is 0.884. The number of aliphatic hydroxyl groups is 1. The molecule has 0 aromatic heterocycles. The van der Waals surface area contributed by atoms with E-state index in [2.05, 4.69) is 0 Å². The molecule has 0 aliphatic heterocycles. The van der Waals surface area contributed by atoms with E-state index in [9.17, 15) is 9.59 Å². The summed E-state index contributed by atoms with van der Waals surface area (Å²) in [5.41, 5.74) is 4.50. The summed E-state index contributed by atoms with van der Waals surface area (Å²) in [5, 5.41) is 17.5. The van der Waals surface area contributed by atoms with Gasteiger partial charge in [-0.3, -0.25) is 9.59 Å². The number of hydrogen-bond donors (Lipinski definition) is 3. The first-order valence-corrected chi connectivity index (χ1v) is 4.51. The van der Waals surface area contributed by atoms with Crippen LogP contribution >= 0.6 is 0 Å². The molecule has 0 aromatic rings. The molecule has 0 spiro atoms. The molecule has 0 heterocycles. The molecule has 0 aliphatic rings. The molecule has 88 valence electrons. The normalized spacial score (nSPS) is 15.5. The van der Waals surface area contributed by atoms with E-state index in [0.29, 0.717) is 0 Å². The van der Waals surface area contributed by atoms with Crippen LogP contribution in [0.15, 0.2) is 0 Å². The van der Waals surface area contributed by atoms with Crippen molar-refractivity contribution in [2.75, 3.05) is 6.61 Å². The molecule has 6 nitrogen and oxygen atoms in total. The van der Waals surface area contributed by atoms with E-state index in [1.54, 1.807) is 20.8 Å². The minimum atomic E-state index is -1.45. The first-order chi connectivity index (χ1) is 6.69. The third-order valence-corrected chi connectivity index (χ3v) is 1.62. The summed E-state index contributed by atoms with van der Waals surface area (Å²) in [4.78, 5) is 21.9. The third-order valence-electron chi connectivity index (χ3n) is 1.62. The average molecular weight is 219 g/mol. The number of carbonyl (C=O) groups excluding carboxylic acids is 1. The Bertz CT molecular complexity index is 245. The van der Waals surface area contributed by atoms with Crippen molar-refractivity contribution in [3.05, 3.63) is 0 Å². The average Bonchev–Trinajstić information content (AvgIpc) is 2.01. The van der Waals surface area contributed by atoms with Crippen LogP contribution in [-0.2, 0) is 14.3 Å². The van der Waals surface area contributed by atoms with E-state index >= 15 is 0 Å². The molecule has 0 fully saturated rings. The molecule has 0 saturated carbocycles. The van der Waals surface area contributed by atoms with Crippen molar-refractivity contribution in [3.63, 3.8) is 0 Å². The van der Waals surface area contributed by atoms with Crippen molar-refractivity contribution in [3.8, 4) is 0 Å². The summed E-state index contributed by atoms with van der Waals surface area (Å²) < 4.78 is 4.92. The Morgan fingerprint density at radius 3 is 2.13 bits per heavy atom. The number of aliphatic carboxylic acids is 1. The Morgan fingerprint density at radius 1 is 1.40 bits per heavy atom. The molecule has 0 aromatic carbocycles. The van der Waals surface area contributed by atoms with E-state index in [4.69, 9.17) is 20.7 Å². The molecule has 0 saturated heterocycles. The zero-order chi connectivity index (χ0) is 12.2. The van der Waals surface area contributed by atoms with Crippen LogP contribution in [0.25, 0.3) is 0 Å². The zero-order valence-electron chi connectivity index (χ0n) is 9.06. The number of nitrogens with two attached hydrogens (primary N) is 1. The largest absolute Gasteiger partial charge is 0.480 e. The lowest BCUT2D eigenvalue weighted by Gasteiger charge is -2.24. The molecule has 0 bridgehead atoms.